The minimum absolute atomic E-state index is 0.978. The van der Waals surface area contributed by atoms with Gasteiger partial charge in [-0.15, -0.1) is 0 Å². The molecule has 0 aliphatic rings. The molecule has 0 aliphatic heterocycles. The van der Waals surface area contributed by atoms with Crippen molar-refractivity contribution in [3.63, 3.8) is 0 Å². The number of hydrogen-bond donors (Lipinski definition) is 0. The van der Waals surface area contributed by atoms with Crippen LogP contribution >= 0.6 is 0 Å². The maximum Gasteiger partial charge on any atom is 0.141 e. The zero-order chi connectivity index (χ0) is 20.2. The van der Waals surface area contributed by atoms with Crippen LogP contribution < -0.4 is 0 Å². The molecule has 0 bridgehead atoms. The van der Waals surface area contributed by atoms with Gasteiger partial charge in [0.05, 0.1) is 22.1 Å². The van der Waals surface area contributed by atoms with E-state index in [0.29, 0.717) is 0 Å². The van der Waals surface area contributed by atoms with E-state index in [2.05, 4.69) is 96.0 Å². The van der Waals surface area contributed by atoms with Gasteiger partial charge in [0.1, 0.15) is 11.6 Å². The fourth-order valence-electron chi connectivity index (χ4n) is 4.41. The summed E-state index contributed by atoms with van der Waals surface area (Å²) in [6.07, 6.45) is 0. The Kier molecular flexibility index (Phi) is 3.56. The molecule has 0 aliphatic carbocycles. The molecule has 0 spiro atoms. The first kappa shape index (κ1) is 17.0. The average Bonchev–Trinajstić information content (AvgIpc) is 3.30. The quantitative estimate of drug-likeness (QED) is 0.368. The van der Waals surface area contributed by atoms with Gasteiger partial charge in [0.25, 0.3) is 0 Å². The highest BCUT2D eigenvalue weighted by Gasteiger charge is 2.14. The highest BCUT2D eigenvalue weighted by Crippen LogP contribution is 2.33. The predicted molar refractivity (Wildman–Crippen MR) is 123 cm³/mol. The molecule has 6 rings (SSSR count). The lowest BCUT2D eigenvalue weighted by Gasteiger charge is -2.09. The average molecular weight is 388 g/mol. The summed E-state index contributed by atoms with van der Waals surface area (Å²) in [6.45, 7) is 0. The molecule has 4 heteroatoms. The number of hydrogen-bond acceptors (Lipinski definition) is 2. The van der Waals surface area contributed by atoms with Gasteiger partial charge in [-0.25, -0.2) is 9.97 Å². The summed E-state index contributed by atoms with van der Waals surface area (Å²) < 4.78 is 4.33. The highest BCUT2D eigenvalue weighted by molar-refractivity contribution is 5.98. The van der Waals surface area contributed by atoms with Crippen LogP contribution in [0.1, 0.15) is 0 Å². The molecule has 6 aromatic rings. The number of rotatable bonds is 2. The van der Waals surface area contributed by atoms with Gasteiger partial charge in [-0.1, -0.05) is 54.6 Å². The number of nitrogens with zero attached hydrogens (tertiary/aromatic N) is 4. The van der Waals surface area contributed by atoms with Crippen LogP contribution in [0.5, 0.6) is 0 Å². The standard InChI is InChI=1S/C26H20N4/c1-29-23-12-5-3-10-21(23)27-25(29)18-14-15-19-17(16-18)8-7-9-20(19)26-28-22-11-4-6-13-24(22)30(26)2/h3-16H,1-2H3. The topological polar surface area (TPSA) is 35.6 Å². The molecule has 0 saturated carbocycles. The van der Waals surface area contributed by atoms with Crippen molar-refractivity contribution >= 4 is 32.8 Å². The highest BCUT2D eigenvalue weighted by atomic mass is 15.1. The van der Waals surface area contributed by atoms with Crippen LogP contribution in [0.15, 0.2) is 84.9 Å². The fourth-order valence-corrected chi connectivity index (χ4v) is 4.41. The largest absolute Gasteiger partial charge is 0.327 e. The first-order valence-corrected chi connectivity index (χ1v) is 10.1. The van der Waals surface area contributed by atoms with E-state index in [1.165, 1.54) is 10.8 Å². The first-order chi connectivity index (χ1) is 14.7. The number of imidazole rings is 2. The van der Waals surface area contributed by atoms with Gasteiger partial charge in [-0.2, -0.15) is 0 Å². The lowest BCUT2D eigenvalue weighted by Crippen LogP contribution is -1.95. The summed E-state index contributed by atoms with van der Waals surface area (Å²) in [7, 11) is 4.15. The van der Waals surface area contributed by atoms with Crippen LogP contribution in [-0.2, 0) is 14.1 Å². The van der Waals surface area contributed by atoms with Crippen LogP contribution in [0.25, 0.3) is 55.6 Å². The second-order valence-corrected chi connectivity index (χ2v) is 7.71. The van der Waals surface area contributed by atoms with E-state index in [-0.39, 0.29) is 0 Å². The molecule has 4 aromatic carbocycles. The molecule has 0 N–H and O–H groups in total. The first-order valence-electron chi connectivity index (χ1n) is 10.1. The molecule has 0 amide bonds. The van der Waals surface area contributed by atoms with Crippen molar-refractivity contribution in [3.05, 3.63) is 84.9 Å². The normalized spacial score (nSPS) is 11.7. The van der Waals surface area contributed by atoms with E-state index in [0.717, 1.165) is 44.8 Å². The van der Waals surface area contributed by atoms with Crippen molar-refractivity contribution in [2.45, 2.75) is 0 Å². The van der Waals surface area contributed by atoms with Gasteiger partial charge in [0.15, 0.2) is 0 Å². The molecular weight excluding hydrogens is 368 g/mol. The lowest BCUT2D eigenvalue weighted by molar-refractivity contribution is 0.959. The van der Waals surface area contributed by atoms with Gasteiger partial charge in [0, 0.05) is 25.2 Å². The SMILES string of the molecule is Cn1c(-c2ccc3c(-c4nc5ccccc5n4C)cccc3c2)nc2ccccc21. The van der Waals surface area contributed by atoms with Gasteiger partial charge in [-0.3, -0.25) is 0 Å². The number of benzene rings is 4. The Labute approximate surface area is 174 Å². The Bertz CT molecular complexity index is 1570. The molecular formula is C26H20N4. The summed E-state index contributed by atoms with van der Waals surface area (Å²) in [6, 6.07) is 29.5. The summed E-state index contributed by atoms with van der Waals surface area (Å²) in [4.78, 5) is 9.76. The molecule has 0 fully saturated rings. The second-order valence-electron chi connectivity index (χ2n) is 7.71. The fraction of sp³-hybridized carbons (Fsp3) is 0.0769. The summed E-state index contributed by atoms with van der Waals surface area (Å²) in [5.41, 5.74) is 6.57. The van der Waals surface area contributed by atoms with Crippen molar-refractivity contribution in [3.8, 4) is 22.8 Å². The molecule has 0 unspecified atom stereocenters. The Morgan fingerprint density at radius 1 is 0.600 bits per heavy atom. The van der Waals surface area contributed by atoms with Gasteiger partial charge < -0.3 is 9.13 Å². The third-order valence-electron chi connectivity index (χ3n) is 5.95. The Balaban J connectivity index is 1.55. The minimum atomic E-state index is 0.978. The lowest BCUT2D eigenvalue weighted by atomic mass is 10.0. The van der Waals surface area contributed by atoms with Gasteiger partial charge >= 0.3 is 0 Å². The second kappa shape index (κ2) is 6.29. The summed E-state index contributed by atoms with van der Waals surface area (Å²) in [5, 5.41) is 2.38. The van der Waals surface area contributed by atoms with E-state index in [4.69, 9.17) is 9.97 Å². The minimum Gasteiger partial charge on any atom is -0.327 e. The monoisotopic (exact) mass is 388 g/mol. The zero-order valence-electron chi connectivity index (χ0n) is 16.9. The number of fused-ring (bicyclic) bond motifs is 3. The molecule has 4 nitrogen and oxygen atoms in total. The molecule has 0 saturated heterocycles. The molecule has 2 heterocycles. The van der Waals surface area contributed by atoms with Crippen molar-refractivity contribution in [1.82, 2.24) is 19.1 Å². The third kappa shape index (κ3) is 2.40. The maximum atomic E-state index is 4.90. The zero-order valence-corrected chi connectivity index (χ0v) is 16.9. The van der Waals surface area contributed by atoms with E-state index >= 15 is 0 Å². The van der Waals surface area contributed by atoms with Crippen molar-refractivity contribution in [2.24, 2.45) is 14.1 Å². The van der Waals surface area contributed by atoms with E-state index in [9.17, 15) is 0 Å². The molecule has 0 radical (unpaired) electrons. The molecule has 30 heavy (non-hydrogen) atoms. The maximum absolute atomic E-state index is 4.90. The van der Waals surface area contributed by atoms with Crippen LogP contribution in [0.2, 0.25) is 0 Å². The summed E-state index contributed by atoms with van der Waals surface area (Å²) >= 11 is 0. The van der Waals surface area contributed by atoms with Gasteiger partial charge in [0.2, 0.25) is 0 Å². The third-order valence-corrected chi connectivity index (χ3v) is 5.95. The van der Waals surface area contributed by atoms with Crippen molar-refractivity contribution in [2.75, 3.05) is 0 Å². The van der Waals surface area contributed by atoms with Crippen molar-refractivity contribution in [1.29, 1.82) is 0 Å². The van der Waals surface area contributed by atoms with Crippen molar-refractivity contribution < 1.29 is 0 Å². The van der Waals surface area contributed by atoms with E-state index < -0.39 is 0 Å². The molecule has 144 valence electrons. The number of para-hydroxylation sites is 4. The smallest absolute Gasteiger partial charge is 0.141 e. The van der Waals surface area contributed by atoms with E-state index in [1.54, 1.807) is 0 Å². The molecule has 2 aromatic heterocycles. The predicted octanol–water partition coefficient (Wildman–Crippen LogP) is 5.95. The Morgan fingerprint density at radius 3 is 1.93 bits per heavy atom. The Hall–Kier alpha value is -3.92. The summed E-state index contributed by atoms with van der Waals surface area (Å²) in [5.74, 6) is 1.96. The molecule has 0 atom stereocenters. The van der Waals surface area contributed by atoms with Crippen LogP contribution in [0.3, 0.4) is 0 Å². The number of aromatic nitrogens is 4. The Morgan fingerprint density at radius 2 is 1.23 bits per heavy atom. The van der Waals surface area contributed by atoms with Crippen LogP contribution in [-0.4, -0.2) is 19.1 Å². The van der Waals surface area contributed by atoms with E-state index in [1.807, 2.05) is 12.1 Å². The van der Waals surface area contributed by atoms with Gasteiger partial charge in [-0.05, 0) is 41.1 Å². The van der Waals surface area contributed by atoms with Crippen LogP contribution in [0, 0.1) is 0 Å². The number of aryl methyl sites for hydroxylation is 2. The van der Waals surface area contributed by atoms with Crippen LogP contribution in [0.4, 0.5) is 0 Å².